The van der Waals surface area contributed by atoms with Gasteiger partial charge in [0.2, 0.25) is 11.8 Å². The van der Waals surface area contributed by atoms with Gasteiger partial charge in [-0.05, 0) is 49.4 Å². The minimum absolute atomic E-state index is 0.121. The molecule has 0 bridgehead atoms. The Morgan fingerprint density at radius 1 is 1.00 bits per heavy atom. The maximum Gasteiger partial charge on any atom is 0.295 e. The molecule has 33 heavy (non-hydrogen) atoms. The predicted octanol–water partition coefficient (Wildman–Crippen LogP) is 5.23. The molecule has 8 nitrogen and oxygen atoms in total. The smallest absolute Gasteiger partial charge is 0.295 e. The number of methoxy groups -OCH3 is 1. The number of aryl methyl sites for hydroxylation is 1. The van der Waals surface area contributed by atoms with Gasteiger partial charge in [0, 0.05) is 16.6 Å². The van der Waals surface area contributed by atoms with E-state index in [2.05, 4.69) is 15.5 Å². The van der Waals surface area contributed by atoms with Crippen molar-refractivity contribution in [2.45, 2.75) is 13.5 Å². The van der Waals surface area contributed by atoms with Gasteiger partial charge in [-0.25, -0.2) is 0 Å². The molecular weight excluding hydrogens is 420 g/mol. The molecule has 0 aliphatic heterocycles. The first kappa shape index (κ1) is 21.8. The summed E-state index contributed by atoms with van der Waals surface area (Å²) in [7, 11) is 1.54. The summed E-state index contributed by atoms with van der Waals surface area (Å²) in [6.07, 6.45) is 0. The fourth-order valence-electron chi connectivity index (χ4n) is 3.40. The van der Waals surface area contributed by atoms with E-state index in [4.69, 9.17) is 4.74 Å². The Morgan fingerprint density at radius 3 is 2.39 bits per heavy atom. The summed E-state index contributed by atoms with van der Waals surface area (Å²) in [4.78, 5) is 25.0. The average Bonchev–Trinajstić information content (AvgIpc) is 3.09. The van der Waals surface area contributed by atoms with Gasteiger partial charge in [-0.3, -0.25) is 9.59 Å². The van der Waals surface area contributed by atoms with Gasteiger partial charge in [0.15, 0.2) is 5.69 Å². The maximum absolute atomic E-state index is 12.6. The van der Waals surface area contributed by atoms with Crippen molar-refractivity contribution in [1.82, 2.24) is 4.57 Å². The molecule has 1 aromatic heterocycles. The molecule has 8 heteroatoms. The number of benzene rings is 3. The molecule has 0 saturated heterocycles. The minimum Gasteiger partial charge on any atom is -0.497 e. The number of amides is 2. The van der Waals surface area contributed by atoms with Crippen LogP contribution >= 0.6 is 0 Å². The third kappa shape index (κ3) is 4.74. The summed E-state index contributed by atoms with van der Waals surface area (Å²) in [5.74, 6) is -0.506. The summed E-state index contributed by atoms with van der Waals surface area (Å²) in [5, 5.41) is 22.0. The van der Waals surface area contributed by atoms with E-state index in [0.717, 1.165) is 5.56 Å². The van der Waals surface area contributed by atoms with Crippen LogP contribution in [0.2, 0.25) is 0 Å². The zero-order valence-corrected chi connectivity index (χ0v) is 18.1. The monoisotopic (exact) mass is 442 g/mol. The first-order valence-corrected chi connectivity index (χ1v) is 10.2. The number of nitrogens with zero attached hydrogens (tertiary/aromatic N) is 3. The third-order valence-corrected chi connectivity index (χ3v) is 5.13. The van der Waals surface area contributed by atoms with E-state index in [1.165, 1.54) is 11.7 Å². The molecule has 4 aromatic rings. The Bertz CT molecular complexity index is 1340. The standard InChI is InChI=1S/C25H22N4O4/c1-16-7-11-18(12-8-16)26-22(30)15-29-21-6-4-3-5-20(21)23(25(29)32)27-28-24(31)17-9-13-19(33-2)14-10-17/h3-14,32H,15H2,1-2H3,(H,26,30). The van der Waals surface area contributed by atoms with E-state index < -0.39 is 5.91 Å². The first-order chi connectivity index (χ1) is 16.0. The first-order valence-electron chi connectivity index (χ1n) is 10.2. The van der Waals surface area contributed by atoms with Gasteiger partial charge >= 0.3 is 0 Å². The number of hydrogen-bond acceptors (Lipinski definition) is 5. The normalized spacial score (nSPS) is 11.1. The molecule has 2 N–H and O–H groups in total. The van der Waals surface area contributed by atoms with Crippen LogP contribution in [-0.2, 0) is 11.3 Å². The Morgan fingerprint density at radius 2 is 1.70 bits per heavy atom. The molecule has 2 amide bonds. The molecule has 1 heterocycles. The van der Waals surface area contributed by atoms with Crippen molar-refractivity contribution < 1.29 is 19.4 Å². The second kappa shape index (κ2) is 9.35. The van der Waals surface area contributed by atoms with Crippen molar-refractivity contribution in [1.29, 1.82) is 0 Å². The fraction of sp³-hybridized carbons (Fsp3) is 0.120. The van der Waals surface area contributed by atoms with Crippen molar-refractivity contribution in [3.8, 4) is 11.6 Å². The molecule has 0 unspecified atom stereocenters. The maximum atomic E-state index is 12.6. The van der Waals surface area contributed by atoms with Crippen molar-refractivity contribution in [3.05, 3.63) is 83.9 Å². The zero-order chi connectivity index (χ0) is 23.4. The molecule has 166 valence electrons. The molecule has 3 aromatic carbocycles. The SMILES string of the molecule is COc1ccc(C(=O)N=Nc2c(O)n(CC(=O)Nc3ccc(C)cc3)c3ccccc23)cc1. The van der Waals surface area contributed by atoms with Crippen molar-refractivity contribution >= 4 is 34.1 Å². The number of aromatic nitrogens is 1. The number of rotatable bonds is 6. The van der Waals surface area contributed by atoms with Crippen LogP contribution in [0.15, 0.2) is 83.0 Å². The second-order valence-corrected chi connectivity index (χ2v) is 7.42. The van der Waals surface area contributed by atoms with Gasteiger partial charge in [0.05, 0.1) is 12.6 Å². The highest BCUT2D eigenvalue weighted by atomic mass is 16.5. The van der Waals surface area contributed by atoms with Crippen molar-refractivity contribution in [2.24, 2.45) is 10.2 Å². The predicted molar refractivity (Wildman–Crippen MR) is 125 cm³/mol. The van der Waals surface area contributed by atoms with E-state index in [1.807, 2.05) is 31.2 Å². The van der Waals surface area contributed by atoms with Crippen LogP contribution in [0.4, 0.5) is 11.4 Å². The average molecular weight is 442 g/mol. The van der Waals surface area contributed by atoms with E-state index in [0.29, 0.717) is 27.9 Å². The summed E-state index contributed by atoms with van der Waals surface area (Å²) >= 11 is 0. The summed E-state index contributed by atoms with van der Waals surface area (Å²) < 4.78 is 6.52. The second-order valence-electron chi connectivity index (χ2n) is 7.42. The van der Waals surface area contributed by atoms with Crippen LogP contribution in [-0.4, -0.2) is 28.6 Å². The highest BCUT2D eigenvalue weighted by Gasteiger charge is 2.19. The van der Waals surface area contributed by atoms with Crippen molar-refractivity contribution in [2.75, 3.05) is 12.4 Å². The number of ether oxygens (including phenoxy) is 1. The topological polar surface area (TPSA) is 105 Å². The molecule has 0 atom stereocenters. The fourth-order valence-corrected chi connectivity index (χ4v) is 3.40. The number of fused-ring (bicyclic) bond motifs is 1. The quantitative estimate of drug-likeness (QED) is 0.399. The third-order valence-electron chi connectivity index (χ3n) is 5.13. The largest absolute Gasteiger partial charge is 0.497 e. The van der Waals surface area contributed by atoms with Crippen LogP contribution in [0, 0.1) is 6.92 Å². The number of nitrogens with one attached hydrogen (secondary N) is 1. The lowest BCUT2D eigenvalue weighted by atomic mass is 10.2. The van der Waals surface area contributed by atoms with E-state index in [-0.39, 0.29) is 24.0 Å². The molecule has 0 aliphatic carbocycles. The van der Waals surface area contributed by atoms with E-state index in [9.17, 15) is 14.7 Å². The number of para-hydroxylation sites is 1. The number of carbonyl (C=O) groups is 2. The van der Waals surface area contributed by atoms with Gasteiger partial charge in [0.25, 0.3) is 5.91 Å². The minimum atomic E-state index is -0.564. The van der Waals surface area contributed by atoms with Crippen LogP contribution in [0.3, 0.4) is 0 Å². The lowest BCUT2D eigenvalue weighted by molar-refractivity contribution is -0.116. The molecule has 0 saturated carbocycles. The van der Waals surface area contributed by atoms with Crippen LogP contribution < -0.4 is 10.1 Å². The molecule has 0 spiro atoms. The van der Waals surface area contributed by atoms with Crippen LogP contribution in [0.5, 0.6) is 11.6 Å². The molecular formula is C25H22N4O4. The Balaban J connectivity index is 1.59. The highest BCUT2D eigenvalue weighted by Crippen LogP contribution is 2.38. The number of hydrogen-bond donors (Lipinski definition) is 2. The zero-order valence-electron chi connectivity index (χ0n) is 18.1. The Labute approximate surface area is 190 Å². The summed E-state index contributed by atoms with van der Waals surface area (Å²) in [6.45, 7) is 1.83. The highest BCUT2D eigenvalue weighted by molar-refractivity contribution is 5.99. The van der Waals surface area contributed by atoms with Gasteiger partial charge in [-0.2, -0.15) is 0 Å². The van der Waals surface area contributed by atoms with Gasteiger partial charge < -0.3 is 19.7 Å². The van der Waals surface area contributed by atoms with Crippen molar-refractivity contribution in [3.63, 3.8) is 0 Å². The molecule has 0 fully saturated rings. The lowest BCUT2D eigenvalue weighted by Gasteiger charge is -2.08. The molecule has 0 radical (unpaired) electrons. The Hall–Kier alpha value is -4.46. The number of carbonyl (C=O) groups excluding carboxylic acids is 2. The van der Waals surface area contributed by atoms with Crippen LogP contribution in [0.25, 0.3) is 10.9 Å². The van der Waals surface area contributed by atoms with E-state index >= 15 is 0 Å². The Kier molecular flexibility index (Phi) is 6.17. The van der Waals surface area contributed by atoms with Crippen LogP contribution in [0.1, 0.15) is 15.9 Å². The number of anilines is 1. The van der Waals surface area contributed by atoms with Gasteiger partial charge in [-0.15, -0.1) is 10.2 Å². The molecule has 0 aliphatic rings. The van der Waals surface area contributed by atoms with Gasteiger partial charge in [0.1, 0.15) is 12.3 Å². The number of azo groups is 1. The summed E-state index contributed by atoms with van der Waals surface area (Å²) in [5.41, 5.74) is 2.79. The summed E-state index contributed by atoms with van der Waals surface area (Å²) in [6, 6.07) is 21.0. The lowest BCUT2D eigenvalue weighted by Crippen LogP contribution is -2.18. The molecule has 4 rings (SSSR count). The van der Waals surface area contributed by atoms with E-state index in [1.54, 1.807) is 48.5 Å². The number of aromatic hydroxyl groups is 1. The van der Waals surface area contributed by atoms with Gasteiger partial charge in [-0.1, -0.05) is 35.9 Å².